The van der Waals surface area contributed by atoms with Crippen LogP contribution in [0.25, 0.3) is 0 Å². The fourth-order valence-electron chi connectivity index (χ4n) is 5.83. The van der Waals surface area contributed by atoms with Crippen LogP contribution < -0.4 is 0 Å². The molecule has 276 valence electrons. The molecule has 0 bridgehead atoms. The van der Waals surface area contributed by atoms with Gasteiger partial charge in [0.2, 0.25) is 6.10 Å². The van der Waals surface area contributed by atoms with Crippen molar-refractivity contribution in [1.29, 1.82) is 0 Å². The van der Waals surface area contributed by atoms with E-state index in [-0.39, 0.29) is 5.97 Å². The van der Waals surface area contributed by atoms with Gasteiger partial charge in [0.05, 0.1) is 27.7 Å². The van der Waals surface area contributed by atoms with Crippen molar-refractivity contribution in [1.82, 2.24) is 0 Å². The van der Waals surface area contributed by atoms with Crippen LogP contribution in [0.2, 0.25) is 0 Å². The number of nitrogens with zero attached hydrogens (tertiary/aromatic N) is 1. The molecule has 0 unspecified atom stereocenters. The maximum Gasteiger partial charge on any atom is 0.353 e. The molecule has 0 aliphatic rings. The molecule has 47 heavy (non-hydrogen) atoms. The minimum atomic E-state index is -0.834. The second-order valence-electron chi connectivity index (χ2n) is 14.9. The van der Waals surface area contributed by atoms with Crippen molar-refractivity contribution in [3.8, 4) is 0 Å². The summed E-state index contributed by atoms with van der Waals surface area (Å²) in [6, 6.07) is 0. The van der Waals surface area contributed by atoms with Crippen LogP contribution in [0.5, 0.6) is 0 Å². The molecule has 0 N–H and O–H groups in total. The largest absolute Gasteiger partial charge is 0.463 e. The molecule has 0 aliphatic carbocycles. The monoisotopic (exact) mass is 663 g/mol. The first-order chi connectivity index (χ1) is 22.8. The molecule has 0 aliphatic heterocycles. The van der Waals surface area contributed by atoms with E-state index in [0.29, 0.717) is 24.1 Å². The molecule has 0 aromatic carbocycles. The number of rotatable bonds is 35. The van der Waals surface area contributed by atoms with Gasteiger partial charge in [0.1, 0.15) is 6.54 Å². The van der Waals surface area contributed by atoms with Gasteiger partial charge in [-0.3, -0.25) is 4.79 Å². The topological polar surface area (TPSA) is 52.6 Å². The van der Waals surface area contributed by atoms with Crippen molar-refractivity contribution in [2.75, 3.05) is 34.3 Å². The van der Waals surface area contributed by atoms with Gasteiger partial charge in [-0.2, -0.15) is 0 Å². The zero-order valence-corrected chi connectivity index (χ0v) is 32.2. The van der Waals surface area contributed by atoms with E-state index in [1.165, 1.54) is 135 Å². The molecule has 0 aromatic rings. The lowest BCUT2D eigenvalue weighted by Crippen LogP contribution is -2.47. The third-order valence-electron chi connectivity index (χ3n) is 8.79. The number of likely N-dealkylation sites (N-methyl/N-ethyl adjacent to an activating group) is 1. The van der Waals surface area contributed by atoms with Crippen molar-refractivity contribution in [2.24, 2.45) is 0 Å². The Bertz CT molecular complexity index is 754. The van der Waals surface area contributed by atoms with Crippen LogP contribution in [0.4, 0.5) is 0 Å². The summed E-state index contributed by atoms with van der Waals surface area (Å²) in [5, 5.41) is 0. The van der Waals surface area contributed by atoms with Gasteiger partial charge in [0.25, 0.3) is 0 Å². The first-order valence-corrected chi connectivity index (χ1v) is 20.3. The molecule has 0 radical (unpaired) electrons. The maximum atomic E-state index is 12.8. The highest BCUT2D eigenvalue weighted by Crippen LogP contribution is 2.13. The minimum Gasteiger partial charge on any atom is -0.463 e. The van der Waals surface area contributed by atoms with Crippen LogP contribution in [-0.4, -0.2) is 56.8 Å². The molecule has 0 rings (SSSR count). The number of hydrogen-bond acceptors (Lipinski definition) is 4. The molecule has 0 saturated heterocycles. The molecule has 0 amide bonds. The summed E-state index contributed by atoms with van der Waals surface area (Å²) in [4.78, 5) is 25.4. The van der Waals surface area contributed by atoms with E-state index in [1.807, 2.05) is 21.1 Å². The minimum absolute atomic E-state index is 0.282. The molecular formula is C42H80NO4+. The number of carbonyl (C=O) groups is 2. The van der Waals surface area contributed by atoms with Crippen molar-refractivity contribution in [3.05, 3.63) is 24.3 Å². The van der Waals surface area contributed by atoms with E-state index in [1.54, 1.807) is 0 Å². The van der Waals surface area contributed by atoms with E-state index in [9.17, 15) is 9.59 Å². The lowest BCUT2D eigenvalue weighted by molar-refractivity contribution is -0.872. The van der Waals surface area contributed by atoms with Gasteiger partial charge in [0.15, 0.2) is 0 Å². The quantitative estimate of drug-likeness (QED) is 0.0293. The van der Waals surface area contributed by atoms with Crippen LogP contribution in [0.3, 0.4) is 0 Å². The molecule has 0 saturated carbocycles. The van der Waals surface area contributed by atoms with Gasteiger partial charge in [-0.25, -0.2) is 4.79 Å². The van der Waals surface area contributed by atoms with Crippen molar-refractivity contribution in [2.45, 2.75) is 200 Å². The third-order valence-corrected chi connectivity index (χ3v) is 8.79. The summed E-state index contributed by atoms with van der Waals surface area (Å²) in [6.45, 7) is 5.36. The summed E-state index contributed by atoms with van der Waals surface area (Å²) in [5.74, 6) is -0.682. The Hall–Kier alpha value is -1.62. The Morgan fingerprint density at radius 1 is 0.511 bits per heavy atom. The van der Waals surface area contributed by atoms with Gasteiger partial charge in [-0.1, -0.05) is 147 Å². The predicted molar refractivity (Wildman–Crippen MR) is 203 cm³/mol. The predicted octanol–water partition coefficient (Wildman–Crippen LogP) is 12.2. The molecule has 5 nitrogen and oxygen atoms in total. The van der Waals surface area contributed by atoms with Gasteiger partial charge in [-0.15, -0.1) is 0 Å². The second-order valence-corrected chi connectivity index (χ2v) is 14.9. The number of ether oxygens (including phenoxy) is 2. The summed E-state index contributed by atoms with van der Waals surface area (Å²) in [6.07, 6.45) is 42.4. The van der Waals surface area contributed by atoms with E-state index >= 15 is 0 Å². The van der Waals surface area contributed by atoms with Crippen LogP contribution in [-0.2, 0) is 19.1 Å². The van der Waals surface area contributed by atoms with E-state index in [2.05, 4.69) is 38.2 Å². The van der Waals surface area contributed by atoms with E-state index in [0.717, 1.165) is 38.5 Å². The van der Waals surface area contributed by atoms with E-state index < -0.39 is 12.1 Å². The summed E-state index contributed by atoms with van der Waals surface area (Å²) in [7, 11) is 6.01. The summed E-state index contributed by atoms with van der Waals surface area (Å²) in [5.41, 5.74) is 0. The van der Waals surface area contributed by atoms with Crippen LogP contribution in [0.15, 0.2) is 24.3 Å². The highest BCUT2D eigenvalue weighted by atomic mass is 16.6. The van der Waals surface area contributed by atoms with E-state index in [4.69, 9.17) is 9.47 Å². The maximum absolute atomic E-state index is 12.8. The van der Waals surface area contributed by atoms with Crippen LogP contribution >= 0.6 is 0 Å². The second kappa shape index (κ2) is 34.3. The Balaban J connectivity index is 3.90. The first kappa shape index (κ1) is 45.4. The molecule has 0 fully saturated rings. The zero-order valence-electron chi connectivity index (χ0n) is 32.2. The zero-order chi connectivity index (χ0) is 34.7. The molecule has 0 spiro atoms. The molecule has 0 heterocycles. The molecular weight excluding hydrogens is 582 g/mol. The average Bonchev–Trinajstić information content (AvgIpc) is 3.03. The molecule has 0 aromatic heterocycles. The average molecular weight is 663 g/mol. The number of hydrogen-bond donors (Lipinski definition) is 0. The summed E-state index contributed by atoms with van der Waals surface area (Å²) < 4.78 is 11.7. The smallest absolute Gasteiger partial charge is 0.353 e. The highest BCUT2D eigenvalue weighted by Gasteiger charge is 2.30. The summed E-state index contributed by atoms with van der Waals surface area (Å²) >= 11 is 0. The van der Waals surface area contributed by atoms with Crippen molar-refractivity contribution < 1.29 is 23.5 Å². The lowest BCUT2D eigenvalue weighted by atomic mass is 10.1. The Labute approximate surface area is 293 Å². The Morgan fingerprint density at radius 3 is 1.28 bits per heavy atom. The number of unbranched alkanes of at least 4 members (excludes halogenated alkanes) is 23. The third kappa shape index (κ3) is 35.5. The van der Waals surface area contributed by atoms with Gasteiger partial charge < -0.3 is 14.0 Å². The van der Waals surface area contributed by atoms with Gasteiger partial charge in [0, 0.05) is 6.42 Å². The number of esters is 2. The fourth-order valence-corrected chi connectivity index (χ4v) is 5.83. The number of carbonyl (C=O) groups excluding carboxylic acids is 2. The van der Waals surface area contributed by atoms with Crippen molar-refractivity contribution in [3.63, 3.8) is 0 Å². The molecule has 1 atom stereocenters. The van der Waals surface area contributed by atoms with Crippen molar-refractivity contribution >= 4 is 11.9 Å². The fraction of sp³-hybridized carbons (Fsp3) is 0.857. The Kier molecular flexibility index (Phi) is 33.1. The number of quaternary nitrogens is 1. The normalized spacial score (nSPS) is 12.7. The standard InChI is InChI=1S/C42H80NO4/c1-6-8-10-12-14-16-18-20-22-24-26-28-30-32-34-36-38-46-42(45)40(39-43(3,4)5)47-41(44)37-35-33-31-29-27-25-23-21-19-17-15-13-11-9-7-2/h20-23,40H,6-19,24-39H2,1-5H3/q+1/b22-20-,23-21-/t40-/m1/s1. The van der Waals surface area contributed by atoms with Gasteiger partial charge in [-0.05, 0) is 64.2 Å². The highest BCUT2D eigenvalue weighted by molar-refractivity contribution is 5.79. The lowest BCUT2D eigenvalue weighted by Gasteiger charge is -2.28. The number of allylic oxidation sites excluding steroid dienone is 4. The molecule has 5 heteroatoms. The van der Waals surface area contributed by atoms with Gasteiger partial charge >= 0.3 is 11.9 Å². The first-order valence-electron chi connectivity index (χ1n) is 20.3. The van der Waals surface area contributed by atoms with Crippen LogP contribution in [0.1, 0.15) is 194 Å². The SMILES string of the molecule is CCCCCCCC/C=C\CCCCCCCCOC(=O)[C@@H](C[N+](C)(C)C)OC(=O)CCCCCCC/C=C\CCCCCCCC. The Morgan fingerprint density at radius 2 is 0.872 bits per heavy atom. The van der Waals surface area contributed by atoms with Crippen LogP contribution in [0, 0.1) is 0 Å².